The lowest BCUT2D eigenvalue weighted by Gasteiger charge is -2.42. The molecule has 0 radical (unpaired) electrons. The van der Waals surface area contributed by atoms with Crippen molar-refractivity contribution in [2.75, 3.05) is 32.8 Å². The Morgan fingerprint density at radius 2 is 1.78 bits per heavy atom. The number of benzene rings is 1. The number of halogens is 1. The van der Waals surface area contributed by atoms with Crippen LogP contribution < -0.4 is 4.74 Å². The van der Waals surface area contributed by atoms with Crippen molar-refractivity contribution in [2.45, 2.75) is 71.8 Å². The topological polar surface area (TPSA) is 67.7 Å². The zero-order valence-electron chi connectivity index (χ0n) is 21.8. The van der Waals surface area contributed by atoms with Crippen molar-refractivity contribution >= 4 is 23.4 Å². The van der Waals surface area contributed by atoms with Crippen molar-refractivity contribution in [1.29, 1.82) is 0 Å². The van der Waals surface area contributed by atoms with E-state index in [1.165, 1.54) is 6.42 Å². The average Bonchev–Trinajstić information content (AvgIpc) is 3.33. The number of nitrogens with zero attached hydrogens (tertiary/aromatic N) is 4. The van der Waals surface area contributed by atoms with Crippen molar-refractivity contribution < 1.29 is 14.3 Å². The number of amides is 2. The number of carbonyl (C=O) groups excluding carboxylic acids is 2. The van der Waals surface area contributed by atoms with Crippen molar-refractivity contribution in [3.8, 4) is 5.75 Å². The van der Waals surface area contributed by atoms with E-state index < -0.39 is 0 Å². The number of aromatic nitrogens is 2. The molecule has 1 aromatic heterocycles. The van der Waals surface area contributed by atoms with Crippen molar-refractivity contribution in [1.82, 2.24) is 19.6 Å². The Bertz CT molecular complexity index is 1050. The number of hydrogen-bond donors (Lipinski definition) is 0. The summed E-state index contributed by atoms with van der Waals surface area (Å²) in [6.45, 7) is 10.1. The van der Waals surface area contributed by atoms with Crippen LogP contribution in [0.2, 0.25) is 5.02 Å². The van der Waals surface area contributed by atoms with E-state index in [2.05, 4.69) is 18.9 Å². The Balaban J connectivity index is 1.47. The van der Waals surface area contributed by atoms with E-state index in [0.29, 0.717) is 49.1 Å². The van der Waals surface area contributed by atoms with Crippen LogP contribution in [0.15, 0.2) is 30.3 Å². The van der Waals surface area contributed by atoms with Crippen LogP contribution in [-0.4, -0.2) is 64.2 Å². The highest BCUT2D eigenvalue weighted by atomic mass is 35.5. The highest BCUT2D eigenvalue weighted by Crippen LogP contribution is 2.37. The third-order valence-corrected chi connectivity index (χ3v) is 7.83. The number of piperidine rings is 2. The molecule has 8 heteroatoms. The summed E-state index contributed by atoms with van der Waals surface area (Å²) in [5.74, 6) is 1.19. The van der Waals surface area contributed by atoms with Gasteiger partial charge in [0, 0.05) is 49.6 Å². The minimum Gasteiger partial charge on any atom is -0.493 e. The lowest BCUT2D eigenvalue weighted by Crippen LogP contribution is -2.48. The zero-order chi connectivity index (χ0) is 25.7. The average molecular weight is 515 g/mol. The first kappa shape index (κ1) is 26.5. The van der Waals surface area contributed by atoms with Crippen molar-refractivity contribution in [3.63, 3.8) is 0 Å². The maximum absolute atomic E-state index is 13.5. The van der Waals surface area contributed by atoms with Crippen LogP contribution >= 0.6 is 11.6 Å². The summed E-state index contributed by atoms with van der Waals surface area (Å²) >= 11 is 6.15. The zero-order valence-corrected chi connectivity index (χ0v) is 22.6. The fourth-order valence-corrected chi connectivity index (χ4v) is 5.40. The van der Waals surface area contributed by atoms with Gasteiger partial charge in [-0.3, -0.25) is 14.3 Å². The number of rotatable bonds is 8. The van der Waals surface area contributed by atoms with Gasteiger partial charge < -0.3 is 14.5 Å². The molecule has 3 heterocycles. The van der Waals surface area contributed by atoms with Crippen LogP contribution in [0.5, 0.6) is 5.75 Å². The highest BCUT2D eigenvalue weighted by molar-refractivity contribution is 6.30. The second kappa shape index (κ2) is 11.7. The largest absolute Gasteiger partial charge is 0.493 e. The first-order chi connectivity index (χ1) is 17.3. The lowest BCUT2D eigenvalue weighted by atomic mass is 9.75. The first-order valence-electron chi connectivity index (χ1n) is 13.3. The molecule has 0 atom stereocenters. The highest BCUT2D eigenvalue weighted by Gasteiger charge is 2.40. The van der Waals surface area contributed by atoms with E-state index in [1.54, 1.807) is 6.07 Å². The number of likely N-dealkylation sites (tertiary alicyclic amines) is 2. The molecule has 36 heavy (non-hydrogen) atoms. The maximum atomic E-state index is 13.5. The summed E-state index contributed by atoms with van der Waals surface area (Å²) in [7, 11) is 0. The molecule has 7 nitrogen and oxygen atoms in total. The van der Waals surface area contributed by atoms with Gasteiger partial charge in [0.25, 0.3) is 5.91 Å². The molecular formula is C28H39ClN4O3. The SMILES string of the molecule is CCn1nc(C(C)C)cc1C(=O)N1CCC(COc2cccc(Cl)c2)(CC(=O)N2CCCCC2)CC1. The molecule has 2 fully saturated rings. The normalized spacial score (nSPS) is 17.9. The summed E-state index contributed by atoms with van der Waals surface area (Å²) in [4.78, 5) is 30.7. The van der Waals surface area contributed by atoms with Gasteiger partial charge in [0.2, 0.25) is 5.91 Å². The fraction of sp³-hybridized carbons (Fsp3) is 0.607. The van der Waals surface area contributed by atoms with E-state index >= 15 is 0 Å². The quantitative estimate of drug-likeness (QED) is 0.474. The van der Waals surface area contributed by atoms with Crippen molar-refractivity contribution in [3.05, 3.63) is 46.7 Å². The monoisotopic (exact) mass is 514 g/mol. The molecule has 0 aliphatic carbocycles. The van der Waals surface area contributed by atoms with E-state index in [-0.39, 0.29) is 23.1 Å². The van der Waals surface area contributed by atoms with Crippen LogP contribution in [0, 0.1) is 5.41 Å². The smallest absolute Gasteiger partial charge is 0.272 e. The third kappa shape index (κ3) is 6.23. The molecule has 0 N–H and O–H groups in total. The second-order valence-corrected chi connectivity index (χ2v) is 11.0. The predicted molar refractivity (Wildman–Crippen MR) is 142 cm³/mol. The Morgan fingerprint density at radius 1 is 1.06 bits per heavy atom. The van der Waals surface area contributed by atoms with Gasteiger partial charge in [-0.05, 0) is 69.2 Å². The Labute approximate surface area is 219 Å². The number of aryl methyl sites for hydroxylation is 1. The van der Waals surface area contributed by atoms with Gasteiger partial charge in [0.1, 0.15) is 11.4 Å². The number of hydrogen-bond acceptors (Lipinski definition) is 4. The van der Waals surface area contributed by atoms with E-state index in [0.717, 1.165) is 44.5 Å². The van der Waals surface area contributed by atoms with Gasteiger partial charge in [-0.15, -0.1) is 0 Å². The van der Waals surface area contributed by atoms with E-state index in [9.17, 15) is 9.59 Å². The van der Waals surface area contributed by atoms with Crippen LogP contribution in [-0.2, 0) is 11.3 Å². The molecule has 1 aromatic carbocycles. The molecule has 0 spiro atoms. The van der Waals surface area contributed by atoms with Crippen molar-refractivity contribution in [2.24, 2.45) is 5.41 Å². The molecule has 196 valence electrons. The number of carbonyl (C=O) groups is 2. The van der Waals surface area contributed by atoms with Gasteiger partial charge >= 0.3 is 0 Å². The standard InChI is InChI=1S/C28H39ClN4O3/c1-4-33-25(18-24(30-33)21(2)3)27(35)32-15-11-28(12-16-32,19-26(34)31-13-6-5-7-14-31)20-36-23-10-8-9-22(29)17-23/h8-10,17-18,21H,4-7,11-16,19-20H2,1-3H3. The predicted octanol–water partition coefficient (Wildman–Crippen LogP) is 5.38. The van der Waals surface area contributed by atoms with E-state index in [4.69, 9.17) is 16.3 Å². The molecular weight excluding hydrogens is 476 g/mol. The maximum Gasteiger partial charge on any atom is 0.272 e. The van der Waals surface area contributed by atoms with E-state index in [1.807, 2.05) is 45.7 Å². The molecule has 2 amide bonds. The molecule has 2 saturated heterocycles. The fourth-order valence-electron chi connectivity index (χ4n) is 5.22. The molecule has 2 aromatic rings. The van der Waals surface area contributed by atoms with Gasteiger partial charge in [0.05, 0.1) is 12.3 Å². The Morgan fingerprint density at radius 3 is 2.42 bits per heavy atom. The van der Waals surface area contributed by atoms with Gasteiger partial charge in [-0.25, -0.2) is 0 Å². The minimum atomic E-state index is -0.318. The molecule has 0 unspecified atom stereocenters. The minimum absolute atomic E-state index is 0.0166. The second-order valence-electron chi connectivity index (χ2n) is 10.6. The summed E-state index contributed by atoms with van der Waals surface area (Å²) in [5.41, 5.74) is 1.27. The van der Waals surface area contributed by atoms with Gasteiger partial charge in [-0.2, -0.15) is 5.10 Å². The van der Waals surface area contributed by atoms with Crippen LogP contribution in [0.4, 0.5) is 0 Å². The lowest BCUT2D eigenvalue weighted by molar-refractivity contribution is -0.136. The molecule has 0 bridgehead atoms. The molecule has 2 aliphatic rings. The summed E-state index contributed by atoms with van der Waals surface area (Å²) in [5, 5.41) is 5.25. The Hall–Kier alpha value is -2.54. The summed E-state index contributed by atoms with van der Waals surface area (Å²) < 4.78 is 8.00. The summed E-state index contributed by atoms with van der Waals surface area (Å²) in [6, 6.07) is 9.31. The first-order valence-corrected chi connectivity index (χ1v) is 13.7. The molecule has 4 rings (SSSR count). The third-order valence-electron chi connectivity index (χ3n) is 7.60. The van der Waals surface area contributed by atoms with Gasteiger partial charge in [-0.1, -0.05) is 31.5 Å². The van der Waals surface area contributed by atoms with Crippen LogP contribution in [0.3, 0.4) is 0 Å². The Kier molecular flexibility index (Phi) is 8.60. The van der Waals surface area contributed by atoms with Crippen LogP contribution in [0.1, 0.15) is 81.4 Å². The number of ether oxygens (including phenoxy) is 1. The van der Waals surface area contributed by atoms with Gasteiger partial charge in [0.15, 0.2) is 0 Å². The summed E-state index contributed by atoms with van der Waals surface area (Å²) in [6.07, 6.45) is 5.22. The molecule has 0 saturated carbocycles. The van der Waals surface area contributed by atoms with Crippen LogP contribution in [0.25, 0.3) is 0 Å². The molecule has 2 aliphatic heterocycles.